The van der Waals surface area contributed by atoms with E-state index in [9.17, 15) is 4.79 Å². The third-order valence-corrected chi connectivity index (χ3v) is 4.53. The summed E-state index contributed by atoms with van der Waals surface area (Å²) in [7, 11) is 1.80. The summed E-state index contributed by atoms with van der Waals surface area (Å²) in [6.07, 6.45) is 0.362. The average Bonchev–Trinajstić information content (AvgIpc) is 3.15. The Morgan fingerprint density at radius 3 is 2.68 bits per heavy atom. The SMILES string of the molecule is Cc1ccc(SCCC(=O)Nc2nnc(-c3cc(C)nn3C)o2)cc1. The number of nitrogens with zero attached hydrogens (tertiary/aromatic N) is 4. The molecule has 2 heterocycles. The molecule has 0 bridgehead atoms. The number of aryl methyl sites for hydroxylation is 3. The summed E-state index contributed by atoms with van der Waals surface area (Å²) in [5.41, 5.74) is 2.78. The minimum absolute atomic E-state index is 0.0965. The van der Waals surface area contributed by atoms with Crippen molar-refractivity contribution >= 4 is 23.7 Å². The molecule has 3 aromatic rings. The maximum absolute atomic E-state index is 12.0. The van der Waals surface area contributed by atoms with Gasteiger partial charge in [-0.25, -0.2) is 0 Å². The normalized spacial score (nSPS) is 10.8. The molecule has 0 atom stereocenters. The van der Waals surface area contributed by atoms with E-state index < -0.39 is 0 Å². The van der Waals surface area contributed by atoms with Gasteiger partial charge in [-0.3, -0.25) is 14.8 Å². The minimum atomic E-state index is -0.156. The Morgan fingerprint density at radius 2 is 2.00 bits per heavy atom. The van der Waals surface area contributed by atoms with Crippen LogP contribution in [0.5, 0.6) is 0 Å². The highest BCUT2D eigenvalue weighted by molar-refractivity contribution is 7.99. The fourth-order valence-electron chi connectivity index (χ4n) is 2.27. The van der Waals surface area contributed by atoms with Crippen molar-refractivity contribution in [3.8, 4) is 11.6 Å². The molecule has 8 heteroatoms. The highest BCUT2D eigenvalue weighted by atomic mass is 32.2. The molecule has 0 unspecified atom stereocenters. The molecular weight excluding hydrogens is 338 g/mol. The first-order valence-corrected chi connectivity index (χ1v) is 8.83. The summed E-state index contributed by atoms with van der Waals surface area (Å²) in [5.74, 6) is 0.847. The standard InChI is InChI=1S/C17H19N5O2S/c1-11-4-6-13(7-5-11)25-9-8-15(23)18-17-20-19-16(24-17)14-10-12(2)21-22(14)3/h4-7,10H,8-9H2,1-3H3,(H,18,20,23). The van der Waals surface area contributed by atoms with E-state index >= 15 is 0 Å². The van der Waals surface area contributed by atoms with Gasteiger partial charge in [0.25, 0.3) is 5.89 Å². The van der Waals surface area contributed by atoms with Crippen LogP contribution in [0.3, 0.4) is 0 Å². The molecule has 1 N–H and O–H groups in total. The van der Waals surface area contributed by atoms with Crippen molar-refractivity contribution in [2.24, 2.45) is 7.05 Å². The predicted octanol–water partition coefficient (Wildman–Crippen LogP) is 3.21. The number of aromatic nitrogens is 4. The molecular formula is C17H19N5O2S. The summed E-state index contributed by atoms with van der Waals surface area (Å²) in [6, 6.07) is 10.2. The maximum Gasteiger partial charge on any atom is 0.322 e. The molecule has 2 aromatic heterocycles. The third-order valence-electron chi connectivity index (χ3n) is 3.51. The van der Waals surface area contributed by atoms with E-state index in [0.717, 1.165) is 10.6 Å². The topological polar surface area (TPSA) is 85.8 Å². The number of rotatable bonds is 6. The molecule has 130 valence electrons. The van der Waals surface area contributed by atoms with Crippen molar-refractivity contribution < 1.29 is 9.21 Å². The number of thioether (sulfide) groups is 1. The number of carbonyl (C=O) groups is 1. The number of nitrogens with one attached hydrogen (secondary N) is 1. The Morgan fingerprint density at radius 1 is 1.24 bits per heavy atom. The van der Waals surface area contributed by atoms with Crippen molar-refractivity contribution in [3.05, 3.63) is 41.6 Å². The first kappa shape index (κ1) is 17.2. The Hall–Kier alpha value is -2.61. The quantitative estimate of drug-likeness (QED) is 0.682. The van der Waals surface area contributed by atoms with Crippen LogP contribution >= 0.6 is 11.8 Å². The van der Waals surface area contributed by atoms with Crippen LogP contribution in [-0.4, -0.2) is 31.6 Å². The highest BCUT2D eigenvalue weighted by Gasteiger charge is 2.14. The van der Waals surface area contributed by atoms with Gasteiger partial charge < -0.3 is 4.42 Å². The number of hydrogen-bond donors (Lipinski definition) is 1. The molecule has 1 aromatic carbocycles. The second kappa shape index (κ2) is 7.52. The van der Waals surface area contributed by atoms with Crippen LogP contribution in [0.2, 0.25) is 0 Å². The lowest BCUT2D eigenvalue weighted by Crippen LogP contribution is -2.12. The van der Waals surface area contributed by atoms with Crippen molar-refractivity contribution in [2.45, 2.75) is 25.2 Å². The fourth-order valence-corrected chi connectivity index (χ4v) is 3.12. The summed E-state index contributed by atoms with van der Waals surface area (Å²) in [4.78, 5) is 13.1. The Balaban J connectivity index is 1.51. The van der Waals surface area contributed by atoms with Gasteiger partial charge in [0.05, 0.1) is 5.69 Å². The zero-order chi connectivity index (χ0) is 17.8. The summed E-state index contributed by atoms with van der Waals surface area (Å²) in [5, 5.41) is 14.7. The average molecular weight is 357 g/mol. The minimum Gasteiger partial charge on any atom is -0.401 e. The van der Waals surface area contributed by atoms with Gasteiger partial charge in [0, 0.05) is 24.1 Å². The Kier molecular flexibility index (Phi) is 5.18. The molecule has 1 amide bonds. The van der Waals surface area contributed by atoms with Gasteiger partial charge in [0.1, 0.15) is 5.69 Å². The zero-order valence-electron chi connectivity index (χ0n) is 14.3. The van der Waals surface area contributed by atoms with Crippen molar-refractivity contribution in [3.63, 3.8) is 0 Å². The molecule has 0 saturated heterocycles. The number of anilines is 1. The lowest BCUT2D eigenvalue weighted by molar-refractivity contribution is -0.115. The van der Waals surface area contributed by atoms with Crippen LogP contribution in [0.4, 0.5) is 6.01 Å². The van der Waals surface area contributed by atoms with Crippen molar-refractivity contribution in [1.82, 2.24) is 20.0 Å². The molecule has 0 spiro atoms. The van der Waals surface area contributed by atoms with Crippen LogP contribution in [0, 0.1) is 13.8 Å². The van der Waals surface area contributed by atoms with E-state index in [1.54, 1.807) is 23.5 Å². The van der Waals surface area contributed by atoms with Gasteiger partial charge in [-0.2, -0.15) is 5.10 Å². The van der Waals surface area contributed by atoms with Crippen LogP contribution in [0.1, 0.15) is 17.7 Å². The number of hydrogen-bond acceptors (Lipinski definition) is 6. The molecule has 0 radical (unpaired) electrons. The second-order valence-electron chi connectivity index (χ2n) is 5.67. The number of benzene rings is 1. The van der Waals surface area contributed by atoms with E-state index in [-0.39, 0.29) is 11.9 Å². The number of amides is 1. The molecule has 3 rings (SSSR count). The van der Waals surface area contributed by atoms with Crippen LogP contribution < -0.4 is 5.32 Å². The van der Waals surface area contributed by atoms with Crippen LogP contribution in [0.15, 0.2) is 39.6 Å². The fraction of sp³-hybridized carbons (Fsp3) is 0.294. The van der Waals surface area contributed by atoms with Gasteiger partial charge in [0.2, 0.25) is 5.91 Å². The molecule has 0 saturated carbocycles. The first-order chi connectivity index (χ1) is 12.0. The second-order valence-corrected chi connectivity index (χ2v) is 6.83. The molecule has 0 aliphatic carbocycles. The van der Waals surface area contributed by atoms with E-state index in [1.165, 1.54) is 5.56 Å². The molecule has 0 aliphatic rings. The monoisotopic (exact) mass is 357 g/mol. The van der Waals surface area contributed by atoms with Gasteiger partial charge in [-0.05, 0) is 32.0 Å². The lowest BCUT2D eigenvalue weighted by Gasteiger charge is -2.02. The zero-order valence-corrected chi connectivity index (χ0v) is 15.1. The van der Waals surface area contributed by atoms with Gasteiger partial charge in [0.15, 0.2) is 0 Å². The Labute approximate surface area is 149 Å². The lowest BCUT2D eigenvalue weighted by atomic mass is 10.2. The van der Waals surface area contributed by atoms with Crippen molar-refractivity contribution in [2.75, 3.05) is 11.1 Å². The van der Waals surface area contributed by atoms with Crippen LogP contribution in [0.25, 0.3) is 11.6 Å². The predicted molar refractivity (Wildman–Crippen MR) is 96.4 cm³/mol. The smallest absolute Gasteiger partial charge is 0.322 e. The van der Waals surface area contributed by atoms with E-state index in [0.29, 0.717) is 23.8 Å². The van der Waals surface area contributed by atoms with Crippen LogP contribution in [-0.2, 0) is 11.8 Å². The van der Waals surface area contributed by atoms with Gasteiger partial charge in [-0.1, -0.05) is 22.8 Å². The summed E-state index contributed by atoms with van der Waals surface area (Å²) < 4.78 is 7.15. The molecule has 25 heavy (non-hydrogen) atoms. The molecule has 0 aliphatic heterocycles. The molecule has 0 fully saturated rings. The summed E-state index contributed by atoms with van der Waals surface area (Å²) >= 11 is 1.64. The third kappa shape index (κ3) is 4.48. The molecule has 7 nitrogen and oxygen atoms in total. The first-order valence-electron chi connectivity index (χ1n) is 7.85. The number of carbonyl (C=O) groups excluding carboxylic acids is 1. The van der Waals surface area contributed by atoms with Gasteiger partial charge in [-0.15, -0.1) is 16.9 Å². The van der Waals surface area contributed by atoms with Crippen molar-refractivity contribution in [1.29, 1.82) is 0 Å². The maximum atomic E-state index is 12.0. The van der Waals surface area contributed by atoms with E-state index in [2.05, 4.69) is 44.9 Å². The summed E-state index contributed by atoms with van der Waals surface area (Å²) in [6.45, 7) is 3.93. The highest BCUT2D eigenvalue weighted by Crippen LogP contribution is 2.21. The van der Waals surface area contributed by atoms with E-state index in [4.69, 9.17) is 4.42 Å². The van der Waals surface area contributed by atoms with Gasteiger partial charge >= 0.3 is 6.01 Å². The Bertz CT molecular complexity index is 870. The van der Waals surface area contributed by atoms with E-state index in [1.807, 2.05) is 19.9 Å². The largest absolute Gasteiger partial charge is 0.401 e.